The van der Waals surface area contributed by atoms with Crippen molar-refractivity contribution in [3.8, 4) is 0 Å². The lowest BCUT2D eigenvalue weighted by Crippen LogP contribution is -2.27. The molecular weight excluding hydrogens is 228 g/mol. The van der Waals surface area contributed by atoms with Crippen molar-refractivity contribution < 1.29 is 0 Å². The van der Waals surface area contributed by atoms with Gasteiger partial charge in [-0.25, -0.2) is 0 Å². The van der Waals surface area contributed by atoms with Crippen molar-refractivity contribution in [1.29, 1.82) is 0 Å². The molecular formula is C14H26N2S. The molecule has 3 N–H and O–H groups in total. The van der Waals surface area contributed by atoms with Gasteiger partial charge in [0.05, 0.1) is 0 Å². The van der Waals surface area contributed by atoms with E-state index in [2.05, 4.69) is 29.2 Å². The molecule has 3 heteroatoms. The van der Waals surface area contributed by atoms with Crippen LogP contribution in [0.15, 0.2) is 16.8 Å². The average molecular weight is 254 g/mol. The Labute approximate surface area is 110 Å². The first-order valence-electron chi connectivity index (χ1n) is 6.86. The van der Waals surface area contributed by atoms with Crippen LogP contribution >= 0.6 is 11.3 Å². The molecule has 0 aromatic carbocycles. The van der Waals surface area contributed by atoms with Gasteiger partial charge in [0.1, 0.15) is 0 Å². The fraction of sp³-hybridized carbons (Fsp3) is 0.714. The standard InChI is InChI=1S/C14H26N2S/c1-2-3-4-5-6-7-8-9-14(16-15)13-10-11-17-12-13/h10-12,14,16H,2-9,15H2,1H3. The van der Waals surface area contributed by atoms with Crippen molar-refractivity contribution in [3.63, 3.8) is 0 Å². The first kappa shape index (κ1) is 14.7. The first-order valence-corrected chi connectivity index (χ1v) is 7.81. The summed E-state index contributed by atoms with van der Waals surface area (Å²) in [6.45, 7) is 2.26. The zero-order valence-electron chi connectivity index (χ0n) is 11.0. The molecule has 0 saturated heterocycles. The normalized spacial score (nSPS) is 12.8. The summed E-state index contributed by atoms with van der Waals surface area (Å²) < 4.78 is 0. The van der Waals surface area contributed by atoms with Crippen LogP contribution in [-0.2, 0) is 0 Å². The molecule has 0 aliphatic heterocycles. The lowest BCUT2D eigenvalue weighted by molar-refractivity contribution is 0.476. The second-order valence-corrected chi connectivity index (χ2v) is 5.47. The highest BCUT2D eigenvalue weighted by Crippen LogP contribution is 2.21. The van der Waals surface area contributed by atoms with Crippen molar-refractivity contribution in [2.75, 3.05) is 0 Å². The second-order valence-electron chi connectivity index (χ2n) is 4.69. The quantitative estimate of drug-likeness (QED) is 0.369. The highest BCUT2D eigenvalue weighted by Gasteiger charge is 2.08. The minimum absolute atomic E-state index is 0.344. The SMILES string of the molecule is CCCCCCCCCC(NN)c1ccsc1. The molecule has 0 fully saturated rings. The maximum atomic E-state index is 5.60. The molecule has 1 atom stereocenters. The molecule has 0 saturated carbocycles. The van der Waals surface area contributed by atoms with Crippen molar-refractivity contribution in [2.24, 2.45) is 5.84 Å². The van der Waals surface area contributed by atoms with E-state index >= 15 is 0 Å². The number of hydrogen-bond acceptors (Lipinski definition) is 3. The molecule has 0 aliphatic rings. The van der Waals surface area contributed by atoms with Gasteiger partial charge in [0.15, 0.2) is 0 Å². The predicted octanol–water partition coefficient (Wildman–Crippen LogP) is 4.39. The number of unbranched alkanes of at least 4 members (excludes halogenated alkanes) is 6. The lowest BCUT2D eigenvalue weighted by Gasteiger charge is -2.14. The molecule has 2 nitrogen and oxygen atoms in total. The highest BCUT2D eigenvalue weighted by molar-refractivity contribution is 7.07. The Balaban J connectivity index is 2.04. The zero-order chi connectivity index (χ0) is 12.3. The number of thiophene rings is 1. The molecule has 0 radical (unpaired) electrons. The van der Waals surface area contributed by atoms with E-state index in [9.17, 15) is 0 Å². The summed E-state index contributed by atoms with van der Waals surface area (Å²) in [5.41, 5.74) is 4.26. The molecule has 1 aromatic rings. The van der Waals surface area contributed by atoms with Crippen molar-refractivity contribution in [1.82, 2.24) is 5.43 Å². The van der Waals surface area contributed by atoms with Crippen LogP contribution < -0.4 is 11.3 Å². The zero-order valence-corrected chi connectivity index (χ0v) is 11.8. The molecule has 1 rings (SSSR count). The summed E-state index contributed by atoms with van der Waals surface area (Å²) in [4.78, 5) is 0. The van der Waals surface area contributed by atoms with Crippen molar-refractivity contribution >= 4 is 11.3 Å². The maximum Gasteiger partial charge on any atom is 0.0468 e. The van der Waals surface area contributed by atoms with Gasteiger partial charge in [-0.15, -0.1) is 0 Å². The van der Waals surface area contributed by atoms with E-state index in [4.69, 9.17) is 5.84 Å². The summed E-state index contributed by atoms with van der Waals surface area (Å²) in [7, 11) is 0. The Kier molecular flexibility index (Phi) is 8.32. The van der Waals surface area contributed by atoms with Gasteiger partial charge < -0.3 is 0 Å². The van der Waals surface area contributed by atoms with E-state index in [-0.39, 0.29) is 0 Å². The monoisotopic (exact) mass is 254 g/mol. The Hall–Kier alpha value is -0.380. The van der Waals surface area contributed by atoms with Crippen LogP contribution in [0.3, 0.4) is 0 Å². The topological polar surface area (TPSA) is 38.0 Å². The van der Waals surface area contributed by atoms with Crippen LogP contribution in [0, 0.1) is 0 Å². The summed E-state index contributed by atoms with van der Waals surface area (Å²) in [6.07, 6.45) is 10.7. The molecule has 0 amide bonds. The third-order valence-corrected chi connectivity index (χ3v) is 3.94. The second kappa shape index (κ2) is 9.63. The van der Waals surface area contributed by atoms with E-state index in [1.165, 1.54) is 50.5 Å². The molecule has 0 spiro atoms. The van der Waals surface area contributed by atoms with Gasteiger partial charge in [0.2, 0.25) is 0 Å². The van der Waals surface area contributed by atoms with Gasteiger partial charge in [-0.1, -0.05) is 51.9 Å². The third-order valence-electron chi connectivity index (χ3n) is 3.24. The van der Waals surface area contributed by atoms with Crippen molar-refractivity contribution in [3.05, 3.63) is 22.4 Å². The van der Waals surface area contributed by atoms with Crippen LogP contribution in [0.1, 0.15) is 69.9 Å². The van der Waals surface area contributed by atoms with Gasteiger partial charge in [-0.3, -0.25) is 11.3 Å². The molecule has 0 bridgehead atoms. The fourth-order valence-corrected chi connectivity index (χ4v) is 2.84. The lowest BCUT2D eigenvalue weighted by atomic mass is 10.0. The molecule has 1 aromatic heterocycles. The van der Waals surface area contributed by atoms with Gasteiger partial charge in [-0.2, -0.15) is 11.3 Å². The molecule has 1 unspecified atom stereocenters. The minimum atomic E-state index is 0.344. The number of hydrazine groups is 1. The number of rotatable bonds is 10. The van der Waals surface area contributed by atoms with E-state index < -0.39 is 0 Å². The van der Waals surface area contributed by atoms with Crippen LogP contribution in [0.5, 0.6) is 0 Å². The van der Waals surface area contributed by atoms with E-state index in [1.807, 2.05) is 0 Å². The van der Waals surface area contributed by atoms with Crippen LogP contribution in [0.25, 0.3) is 0 Å². The van der Waals surface area contributed by atoms with Gasteiger partial charge in [0, 0.05) is 6.04 Å². The van der Waals surface area contributed by atoms with Gasteiger partial charge in [-0.05, 0) is 28.8 Å². The van der Waals surface area contributed by atoms with Crippen LogP contribution in [0.4, 0.5) is 0 Å². The number of nitrogens with two attached hydrogens (primary N) is 1. The Morgan fingerprint density at radius 3 is 2.47 bits per heavy atom. The molecule has 17 heavy (non-hydrogen) atoms. The average Bonchev–Trinajstić information content (AvgIpc) is 2.86. The Morgan fingerprint density at radius 1 is 1.18 bits per heavy atom. The highest BCUT2D eigenvalue weighted by atomic mass is 32.1. The van der Waals surface area contributed by atoms with Crippen LogP contribution in [0.2, 0.25) is 0 Å². The minimum Gasteiger partial charge on any atom is -0.271 e. The first-order chi connectivity index (χ1) is 8.38. The summed E-state index contributed by atoms with van der Waals surface area (Å²) in [5, 5.41) is 4.30. The third kappa shape index (κ3) is 6.20. The number of hydrogen-bond donors (Lipinski definition) is 2. The van der Waals surface area contributed by atoms with E-state index in [1.54, 1.807) is 11.3 Å². The summed E-state index contributed by atoms with van der Waals surface area (Å²) in [6, 6.07) is 2.51. The number of nitrogens with one attached hydrogen (secondary N) is 1. The fourth-order valence-electron chi connectivity index (χ4n) is 2.13. The molecule has 1 heterocycles. The largest absolute Gasteiger partial charge is 0.271 e. The van der Waals surface area contributed by atoms with Crippen LogP contribution in [-0.4, -0.2) is 0 Å². The molecule has 98 valence electrons. The summed E-state index contributed by atoms with van der Waals surface area (Å²) >= 11 is 1.74. The van der Waals surface area contributed by atoms with Gasteiger partial charge >= 0.3 is 0 Å². The smallest absolute Gasteiger partial charge is 0.0468 e. The molecule has 0 aliphatic carbocycles. The van der Waals surface area contributed by atoms with Gasteiger partial charge in [0.25, 0.3) is 0 Å². The Morgan fingerprint density at radius 2 is 1.88 bits per heavy atom. The Bertz CT molecular complexity index is 259. The van der Waals surface area contributed by atoms with E-state index in [0.29, 0.717) is 6.04 Å². The van der Waals surface area contributed by atoms with E-state index in [0.717, 1.165) is 6.42 Å². The summed E-state index contributed by atoms with van der Waals surface area (Å²) in [5.74, 6) is 5.60. The maximum absolute atomic E-state index is 5.60. The van der Waals surface area contributed by atoms with Crippen molar-refractivity contribution in [2.45, 2.75) is 64.3 Å². The predicted molar refractivity (Wildman–Crippen MR) is 77.0 cm³/mol.